The minimum absolute atomic E-state index is 0.0926. The topological polar surface area (TPSA) is 68.0 Å². The van der Waals surface area contributed by atoms with Gasteiger partial charge in [0.05, 0.1) is 0 Å². The summed E-state index contributed by atoms with van der Waals surface area (Å²) >= 11 is 1.28. The van der Waals surface area contributed by atoms with Gasteiger partial charge in [0.1, 0.15) is 10.7 Å². The average molecular weight is 337 g/mol. The van der Waals surface area contributed by atoms with E-state index in [-0.39, 0.29) is 11.6 Å². The second-order valence-electron chi connectivity index (χ2n) is 5.61. The van der Waals surface area contributed by atoms with E-state index >= 15 is 0 Å². The minimum atomic E-state index is -0.0926. The van der Waals surface area contributed by atoms with Crippen molar-refractivity contribution in [3.63, 3.8) is 0 Å². The number of thiazole rings is 1. The van der Waals surface area contributed by atoms with E-state index in [0.717, 1.165) is 17.7 Å². The normalized spacial score (nSPS) is 10.6. The number of aryl methyl sites for hydroxylation is 2. The maximum absolute atomic E-state index is 12.6. The first-order valence-electron chi connectivity index (χ1n) is 7.80. The first-order chi connectivity index (χ1) is 11.6. The minimum Gasteiger partial charge on any atom is -0.382 e. The molecule has 2 aromatic carbocycles. The SMILES string of the molecule is CCc1ccc(C(=O)c2sc(Nc3cccc(C)c3)nc2N)cc1. The van der Waals surface area contributed by atoms with E-state index in [1.807, 2.05) is 55.5 Å². The lowest BCUT2D eigenvalue weighted by atomic mass is 10.1. The number of ketones is 1. The van der Waals surface area contributed by atoms with Crippen LogP contribution in [0.15, 0.2) is 48.5 Å². The number of nitrogen functional groups attached to an aromatic ring is 1. The van der Waals surface area contributed by atoms with Gasteiger partial charge >= 0.3 is 0 Å². The molecule has 0 atom stereocenters. The van der Waals surface area contributed by atoms with Crippen molar-refractivity contribution in [1.29, 1.82) is 0 Å². The molecule has 5 heteroatoms. The molecule has 0 fully saturated rings. The van der Waals surface area contributed by atoms with Gasteiger partial charge in [0.25, 0.3) is 0 Å². The van der Waals surface area contributed by atoms with Crippen LogP contribution in [0, 0.1) is 6.92 Å². The fraction of sp³-hybridized carbons (Fsp3) is 0.158. The third kappa shape index (κ3) is 3.46. The Morgan fingerprint density at radius 2 is 1.96 bits per heavy atom. The Kier molecular flexibility index (Phi) is 4.62. The Labute approximate surface area is 145 Å². The van der Waals surface area contributed by atoms with Crippen LogP contribution in [-0.2, 0) is 6.42 Å². The van der Waals surface area contributed by atoms with Gasteiger partial charge < -0.3 is 11.1 Å². The number of hydrogen-bond acceptors (Lipinski definition) is 5. The summed E-state index contributed by atoms with van der Waals surface area (Å²) in [7, 11) is 0. The molecule has 0 saturated carbocycles. The van der Waals surface area contributed by atoms with Crippen LogP contribution in [0.3, 0.4) is 0 Å². The summed E-state index contributed by atoms with van der Waals surface area (Å²) in [5.41, 5.74) is 9.86. The number of carbonyl (C=O) groups is 1. The molecule has 0 aliphatic carbocycles. The standard InChI is InChI=1S/C19H19N3OS/c1-3-13-7-9-14(10-8-13)16(23)17-18(20)22-19(24-17)21-15-6-4-5-12(2)11-15/h4-11H,3,20H2,1-2H3,(H,21,22). The second kappa shape index (κ2) is 6.84. The summed E-state index contributed by atoms with van der Waals surface area (Å²) in [4.78, 5) is 17.4. The number of nitrogens with zero attached hydrogens (tertiary/aromatic N) is 1. The molecular weight excluding hydrogens is 318 g/mol. The summed E-state index contributed by atoms with van der Waals surface area (Å²) in [5.74, 6) is 0.171. The first kappa shape index (κ1) is 16.2. The number of rotatable bonds is 5. The van der Waals surface area contributed by atoms with Crippen molar-refractivity contribution >= 4 is 33.8 Å². The quantitative estimate of drug-likeness (QED) is 0.669. The molecule has 4 nitrogen and oxygen atoms in total. The van der Waals surface area contributed by atoms with Crippen molar-refractivity contribution in [3.8, 4) is 0 Å². The molecule has 1 heterocycles. The highest BCUT2D eigenvalue weighted by Gasteiger charge is 2.18. The molecule has 3 N–H and O–H groups in total. The van der Waals surface area contributed by atoms with Gasteiger partial charge in [-0.2, -0.15) is 0 Å². The molecule has 0 aliphatic rings. The van der Waals surface area contributed by atoms with Crippen LogP contribution in [0.4, 0.5) is 16.6 Å². The van der Waals surface area contributed by atoms with Gasteiger partial charge in [0.2, 0.25) is 5.78 Å². The highest BCUT2D eigenvalue weighted by Crippen LogP contribution is 2.30. The van der Waals surface area contributed by atoms with E-state index in [9.17, 15) is 4.79 Å². The Morgan fingerprint density at radius 3 is 2.62 bits per heavy atom. The predicted molar refractivity (Wildman–Crippen MR) is 100 cm³/mol. The number of aromatic nitrogens is 1. The van der Waals surface area contributed by atoms with Crippen LogP contribution in [0.25, 0.3) is 0 Å². The molecule has 0 unspecified atom stereocenters. The molecule has 0 bridgehead atoms. The van der Waals surface area contributed by atoms with E-state index in [1.165, 1.54) is 16.9 Å². The van der Waals surface area contributed by atoms with E-state index in [1.54, 1.807) is 0 Å². The second-order valence-corrected chi connectivity index (χ2v) is 6.61. The summed E-state index contributed by atoms with van der Waals surface area (Å²) in [6.45, 7) is 4.11. The summed E-state index contributed by atoms with van der Waals surface area (Å²) < 4.78 is 0. The molecule has 3 aromatic rings. The van der Waals surface area contributed by atoms with Gasteiger partial charge in [-0.1, -0.05) is 54.7 Å². The third-order valence-electron chi connectivity index (χ3n) is 3.75. The summed E-state index contributed by atoms with van der Waals surface area (Å²) in [5, 5.41) is 3.82. The van der Waals surface area contributed by atoms with Crippen molar-refractivity contribution in [2.75, 3.05) is 11.1 Å². The van der Waals surface area contributed by atoms with E-state index < -0.39 is 0 Å². The molecule has 0 aliphatic heterocycles. The van der Waals surface area contributed by atoms with Gasteiger partial charge in [-0.05, 0) is 36.6 Å². The fourth-order valence-electron chi connectivity index (χ4n) is 2.42. The van der Waals surface area contributed by atoms with E-state index in [4.69, 9.17) is 5.73 Å². The third-order valence-corrected chi connectivity index (χ3v) is 4.74. The Balaban J connectivity index is 1.83. The molecule has 24 heavy (non-hydrogen) atoms. The number of benzene rings is 2. The molecule has 1 aromatic heterocycles. The Morgan fingerprint density at radius 1 is 1.21 bits per heavy atom. The maximum atomic E-state index is 12.6. The predicted octanol–water partition coefficient (Wildman–Crippen LogP) is 4.57. The number of nitrogens with two attached hydrogens (primary N) is 1. The fourth-order valence-corrected chi connectivity index (χ4v) is 3.28. The van der Waals surface area contributed by atoms with Crippen molar-refractivity contribution in [2.45, 2.75) is 20.3 Å². The van der Waals surface area contributed by atoms with Crippen LogP contribution in [0.2, 0.25) is 0 Å². The highest BCUT2D eigenvalue weighted by molar-refractivity contribution is 7.18. The zero-order valence-corrected chi connectivity index (χ0v) is 14.5. The molecule has 0 spiro atoms. The van der Waals surface area contributed by atoms with Crippen LogP contribution in [0.1, 0.15) is 33.3 Å². The van der Waals surface area contributed by atoms with Gasteiger partial charge in [-0.3, -0.25) is 4.79 Å². The van der Waals surface area contributed by atoms with Crippen molar-refractivity contribution in [1.82, 2.24) is 4.98 Å². The number of nitrogens with one attached hydrogen (secondary N) is 1. The number of hydrogen-bond donors (Lipinski definition) is 2. The van der Waals surface area contributed by atoms with Crippen LogP contribution in [-0.4, -0.2) is 10.8 Å². The van der Waals surface area contributed by atoms with Crippen molar-refractivity contribution in [2.24, 2.45) is 0 Å². The van der Waals surface area contributed by atoms with Gasteiger partial charge in [-0.25, -0.2) is 4.98 Å². The van der Waals surface area contributed by atoms with E-state index in [0.29, 0.717) is 15.6 Å². The highest BCUT2D eigenvalue weighted by atomic mass is 32.1. The summed E-state index contributed by atoms with van der Waals surface area (Å²) in [6, 6.07) is 15.6. The van der Waals surface area contributed by atoms with Crippen molar-refractivity contribution < 1.29 is 4.79 Å². The lowest BCUT2D eigenvalue weighted by Gasteiger charge is -2.02. The lowest BCUT2D eigenvalue weighted by molar-refractivity contribution is 0.104. The molecule has 0 amide bonds. The van der Waals surface area contributed by atoms with E-state index in [2.05, 4.69) is 17.2 Å². The Hall–Kier alpha value is -2.66. The molecule has 3 rings (SSSR count). The van der Waals surface area contributed by atoms with Crippen LogP contribution < -0.4 is 11.1 Å². The van der Waals surface area contributed by atoms with Gasteiger partial charge in [-0.15, -0.1) is 0 Å². The monoisotopic (exact) mass is 337 g/mol. The summed E-state index contributed by atoms with van der Waals surface area (Å²) in [6.07, 6.45) is 0.946. The largest absolute Gasteiger partial charge is 0.382 e. The molecule has 0 saturated heterocycles. The van der Waals surface area contributed by atoms with Gasteiger partial charge in [0, 0.05) is 11.3 Å². The van der Waals surface area contributed by atoms with Crippen LogP contribution >= 0.6 is 11.3 Å². The van der Waals surface area contributed by atoms with Crippen LogP contribution in [0.5, 0.6) is 0 Å². The van der Waals surface area contributed by atoms with Crippen molar-refractivity contribution in [3.05, 3.63) is 70.1 Å². The zero-order chi connectivity index (χ0) is 17.1. The van der Waals surface area contributed by atoms with Gasteiger partial charge in [0.15, 0.2) is 5.13 Å². The molecule has 122 valence electrons. The number of carbonyl (C=O) groups excluding carboxylic acids is 1. The lowest BCUT2D eigenvalue weighted by Crippen LogP contribution is -2.02. The first-order valence-corrected chi connectivity index (χ1v) is 8.62. The zero-order valence-electron chi connectivity index (χ0n) is 13.7. The molecule has 0 radical (unpaired) electrons. The average Bonchev–Trinajstić information content (AvgIpc) is 2.94. The molecular formula is C19H19N3OS. The number of anilines is 3. The Bertz CT molecular complexity index is 869. The maximum Gasteiger partial charge on any atom is 0.206 e. The smallest absolute Gasteiger partial charge is 0.206 e.